The van der Waals surface area contributed by atoms with E-state index in [1.54, 1.807) is 6.07 Å². The van der Waals surface area contributed by atoms with Crippen molar-refractivity contribution < 1.29 is 5.11 Å². The number of likely N-dealkylation sites (tertiary alicyclic amines) is 1. The summed E-state index contributed by atoms with van der Waals surface area (Å²) < 4.78 is 2.04. The summed E-state index contributed by atoms with van der Waals surface area (Å²) in [5, 5.41) is 10.5. The Hall–Kier alpha value is -1.76. The topological polar surface area (TPSA) is 48.7 Å². The summed E-state index contributed by atoms with van der Waals surface area (Å²) in [7, 11) is 1.99. The molecule has 1 aromatic heterocycles. The average Bonchev–Trinajstić information content (AvgIpc) is 2.77. The first-order valence-corrected chi connectivity index (χ1v) is 11.8. The summed E-state index contributed by atoms with van der Waals surface area (Å²) in [5.41, 5.74) is 2.91. The highest BCUT2D eigenvalue weighted by Crippen LogP contribution is 2.29. The van der Waals surface area contributed by atoms with Gasteiger partial charge in [0.2, 0.25) is 5.43 Å². The molecule has 1 aromatic carbocycles. The van der Waals surface area contributed by atoms with Crippen molar-refractivity contribution in [1.82, 2.24) is 14.4 Å². The Morgan fingerprint density at radius 2 is 1.66 bits per heavy atom. The van der Waals surface area contributed by atoms with Gasteiger partial charge in [0, 0.05) is 56.5 Å². The molecule has 156 valence electrons. The molecule has 0 atom stereocenters. The van der Waals surface area contributed by atoms with Crippen molar-refractivity contribution in [3.8, 4) is 5.75 Å². The summed E-state index contributed by atoms with van der Waals surface area (Å²) in [6.07, 6.45) is 2.23. The zero-order valence-corrected chi connectivity index (χ0v) is 18.0. The summed E-state index contributed by atoms with van der Waals surface area (Å²) in [6, 6.07) is 12.3. The molecule has 0 amide bonds. The van der Waals surface area contributed by atoms with Crippen LogP contribution >= 0.6 is 11.8 Å². The summed E-state index contributed by atoms with van der Waals surface area (Å²) in [5.74, 6) is 2.81. The van der Waals surface area contributed by atoms with Gasteiger partial charge in [-0.05, 0) is 37.4 Å². The molecule has 2 saturated heterocycles. The third-order valence-electron chi connectivity index (χ3n) is 6.36. The second-order valence-electron chi connectivity index (χ2n) is 8.20. The molecule has 0 saturated carbocycles. The first-order chi connectivity index (χ1) is 14.1. The highest BCUT2D eigenvalue weighted by Gasteiger charge is 2.23. The van der Waals surface area contributed by atoms with Crippen molar-refractivity contribution in [3.63, 3.8) is 0 Å². The molecule has 0 bridgehead atoms. The van der Waals surface area contributed by atoms with Crippen LogP contribution in [0.2, 0.25) is 0 Å². The number of aromatic hydroxyl groups is 1. The lowest BCUT2D eigenvalue weighted by Crippen LogP contribution is -2.35. The van der Waals surface area contributed by atoms with Crippen molar-refractivity contribution >= 4 is 11.8 Å². The number of benzene rings is 1. The normalized spacial score (nSPS) is 19.5. The fourth-order valence-corrected chi connectivity index (χ4v) is 5.45. The third-order valence-corrected chi connectivity index (χ3v) is 7.30. The quantitative estimate of drug-likeness (QED) is 0.817. The molecule has 29 heavy (non-hydrogen) atoms. The van der Waals surface area contributed by atoms with E-state index < -0.39 is 0 Å². The number of piperidine rings is 1. The predicted molar refractivity (Wildman–Crippen MR) is 120 cm³/mol. The van der Waals surface area contributed by atoms with Gasteiger partial charge in [-0.2, -0.15) is 11.8 Å². The molecule has 0 aliphatic carbocycles. The van der Waals surface area contributed by atoms with Crippen LogP contribution in [0.3, 0.4) is 0 Å². The van der Waals surface area contributed by atoms with Gasteiger partial charge in [0.1, 0.15) is 0 Å². The molecular formula is C23H31N3O2S. The summed E-state index contributed by atoms with van der Waals surface area (Å²) in [4.78, 5) is 17.2. The van der Waals surface area contributed by atoms with Crippen LogP contribution in [-0.2, 0) is 20.1 Å². The monoisotopic (exact) mass is 413 g/mol. The van der Waals surface area contributed by atoms with Crippen LogP contribution in [0, 0.1) is 0 Å². The SMILES string of the molecule is Cn1c(CN2CCSCC2)cc(=O)c(O)c1CN1CCC(c2ccccc2)CC1. The van der Waals surface area contributed by atoms with Gasteiger partial charge in [0.05, 0.1) is 5.69 Å². The second-order valence-corrected chi connectivity index (χ2v) is 9.43. The maximum atomic E-state index is 12.4. The number of rotatable bonds is 5. The van der Waals surface area contributed by atoms with Crippen LogP contribution in [0.4, 0.5) is 0 Å². The van der Waals surface area contributed by atoms with Crippen molar-refractivity contribution in [2.45, 2.75) is 31.8 Å². The Morgan fingerprint density at radius 3 is 2.34 bits per heavy atom. The van der Waals surface area contributed by atoms with Gasteiger partial charge in [-0.1, -0.05) is 30.3 Å². The van der Waals surface area contributed by atoms with Gasteiger partial charge in [-0.25, -0.2) is 0 Å². The Morgan fingerprint density at radius 1 is 1.00 bits per heavy atom. The molecule has 6 heteroatoms. The lowest BCUT2D eigenvalue weighted by Gasteiger charge is -2.33. The standard InChI is InChI=1S/C23H31N3O2S/c1-24-20(16-26-11-13-29-14-12-26)15-22(27)23(28)21(24)17-25-9-7-19(8-10-25)18-5-3-2-4-6-18/h2-6,15,19,28H,7-14,16-17H2,1H3. The first kappa shape index (κ1) is 20.5. The van der Waals surface area contributed by atoms with Crippen LogP contribution in [0.1, 0.15) is 35.7 Å². The van der Waals surface area contributed by atoms with Gasteiger partial charge in [-0.3, -0.25) is 14.6 Å². The van der Waals surface area contributed by atoms with E-state index in [9.17, 15) is 9.90 Å². The number of pyridine rings is 1. The maximum absolute atomic E-state index is 12.4. The lowest BCUT2D eigenvalue weighted by atomic mass is 9.89. The van der Waals surface area contributed by atoms with E-state index in [4.69, 9.17) is 0 Å². The van der Waals surface area contributed by atoms with Crippen molar-refractivity contribution in [2.24, 2.45) is 7.05 Å². The van der Waals surface area contributed by atoms with Crippen molar-refractivity contribution in [1.29, 1.82) is 0 Å². The fourth-order valence-electron chi connectivity index (χ4n) is 4.47. The third kappa shape index (κ3) is 4.87. The van der Waals surface area contributed by atoms with E-state index in [0.29, 0.717) is 12.5 Å². The number of hydrogen-bond donors (Lipinski definition) is 1. The van der Waals surface area contributed by atoms with E-state index in [2.05, 4.69) is 40.1 Å². The molecule has 1 N–H and O–H groups in total. The molecule has 0 unspecified atom stereocenters. The largest absolute Gasteiger partial charge is 0.503 e. The number of hydrogen-bond acceptors (Lipinski definition) is 5. The molecule has 0 radical (unpaired) electrons. The summed E-state index contributed by atoms with van der Waals surface area (Å²) >= 11 is 1.99. The summed E-state index contributed by atoms with van der Waals surface area (Å²) in [6.45, 7) is 5.49. The molecule has 0 spiro atoms. The molecule has 2 fully saturated rings. The zero-order valence-electron chi connectivity index (χ0n) is 17.2. The number of thioether (sulfide) groups is 1. The van der Waals surface area contributed by atoms with Crippen LogP contribution in [0.15, 0.2) is 41.2 Å². The minimum Gasteiger partial charge on any atom is -0.503 e. The molecule has 2 aliphatic rings. The van der Waals surface area contributed by atoms with Crippen molar-refractivity contribution in [2.75, 3.05) is 37.7 Å². The Labute approximate surface area is 177 Å². The smallest absolute Gasteiger partial charge is 0.223 e. The van der Waals surface area contributed by atoms with Gasteiger partial charge >= 0.3 is 0 Å². The van der Waals surface area contributed by atoms with E-state index in [-0.39, 0.29) is 11.2 Å². The predicted octanol–water partition coefficient (Wildman–Crippen LogP) is 3.02. The highest BCUT2D eigenvalue weighted by atomic mass is 32.2. The van der Waals surface area contributed by atoms with E-state index >= 15 is 0 Å². The molecule has 2 aromatic rings. The van der Waals surface area contributed by atoms with Crippen LogP contribution in [0.25, 0.3) is 0 Å². The van der Waals surface area contributed by atoms with E-state index in [1.807, 2.05) is 23.4 Å². The minimum absolute atomic E-state index is 0.0874. The molecule has 5 nitrogen and oxygen atoms in total. The van der Waals surface area contributed by atoms with Gasteiger partial charge in [0.25, 0.3) is 0 Å². The number of aromatic nitrogens is 1. The van der Waals surface area contributed by atoms with E-state index in [1.165, 1.54) is 5.56 Å². The zero-order chi connectivity index (χ0) is 20.2. The molecular weight excluding hydrogens is 382 g/mol. The van der Waals surface area contributed by atoms with Gasteiger partial charge in [-0.15, -0.1) is 0 Å². The molecule has 2 aliphatic heterocycles. The van der Waals surface area contributed by atoms with Crippen LogP contribution in [-0.4, -0.2) is 57.2 Å². The average molecular weight is 414 g/mol. The van der Waals surface area contributed by atoms with Crippen molar-refractivity contribution in [3.05, 3.63) is 63.6 Å². The first-order valence-electron chi connectivity index (χ1n) is 10.6. The molecule has 4 rings (SSSR count). The fraction of sp³-hybridized carbons (Fsp3) is 0.522. The lowest BCUT2D eigenvalue weighted by molar-refractivity contribution is 0.197. The second kappa shape index (κ2) is 9.37. The minimum atomic E-state index is -0.251. The Kier molecular flexibility index (Phi) is 6.63. The van der Waals surface area contributed by atoms with Crippen LogP contribution in [0.5, 0.6) is 5.75 Å². The highest BCUT2D eigenvalue weighted by molar-refractivity contribution is 7.99. The maximum Gasteiger partial charge on any atom is 0.223 e. The molecule has 3 heterocycles. The Balaban J connectivity index is 1.45. The van der Waals surface area contributed by atoms with Crippen LogP contribution < -0.4 is 5.43 Å². The van der Waals surface area contributed by atoms with Gasteiger partial charge < -0.3 is 9.67 Å². The Bertz CT molecular complexity index is 870. The van der Waals surface area contributed by atoms with E-state index in [0.717, 1.165) is 68.5 Å². The van der Waals surface area contributed by atoms with Gasteiger partial charge in [0.15, 0.2) is 5.75 Å². The number of nitrogens with zero attached hydrogens (tertiary/aromatic N) is 3.